The molecule has 3 aromatic carbocycles. The summed E-state index contributed by atoms with van der Waals surface area (Å²) < 4.78 is 16.4. The van der Waals surface area contributed by atoms with E-state index in [1.807, 2.05) is 0 Å². The van der Waals surface area contributed by atoms with Gasteiger partial charge in [0.15, 0.2) is 5.96 Å². The first-order valence-electron chi connectivity index (χ1n) is 32.2. The highest BCUT2D eigenvalue weighted by Crippen LogP contribution is 2.21. The lowest BCUT2D eigenvalue weighted by Crippen LogP contribution is -2.62. The maximum absolute atomic E-state index is 14.8. The number of likely N-dealkylation sites (tertiary alicyclic amines) is 1. The SMILES string of the molecule is CC(C)C[C@H](NC(=O)[C@@H](NC(=O)[C@@H](NC(=O)[C@@H]1CCCN1C(=O)[C@H](CO)NC(=O)OC(C)(C)C)C(C)C)[C@@H](C)O)C(=O)N[C@H](CC(=O)OCc1ccccc1)C(=O)N[C@@H](CC(C)C)C(=O)N[C@@H](CCCN=C(N)N)C(=O)N[C@@H](Cc1ccc(O)cc1)C(=O)OCc1ccccc1. The largest absolute Gasteiger partial charge is 0.508 e. The molecule has 0 aliphatic carbocycles. The van der Waals surface area contributed by atoms with Crippen molar-refractivity contribution in [3.05, 3.63) is 102 Å². The minimum atomic E-state index is -1.81. The van der Waals surface area contributed by atoms with E-state index in [1.165, 1.54) is 24.0 Å². The van der Waals surface area contributed by atoms with Crippen LogP contribution in [0.2, 0.25) is 0 Å². The normalized spacial score (nSPS) is 15.7. The first-order valence-corrected chi connectivity index (χ1v) is 32.2. The number of esters is 2. The minimum absolute atomic E-state index is 0.0241. The van der Waals surface area contributed by atoms with Crippen molar-refractivity contribution < 1.29 is 82.3 Å². The van der Waals surface area contributed by atoms with Gasteiger partial charge in [0, 0.05) is 19.5 Å². The number of ether oxygens (including phenoxy) is 3. The lowest BCUT2D eigenvalue weighted by atomic mass is 9.99. The molecule has 0 aromatic heterocycles. The lowest BCUT2D eigenvalue weighted by Gasteiger charge is -2.31. The van der Waals surface area contributed by atoms with E-state index in [0.29, 0.717) is 23.1 Å². The van der Waals surface area contributed by atoms with Gasteiger partial charge in [-0.2, -0.15) is 0 Å². The maximum atomic E-state index is 14.8. The van der Waals surface area contributed by atoms with E-state index in [9.17, 15) is 68.1 Å². The maximum Gasteiger partial charge on any atom is 0.408 e. The van der Waals surface area contributed by atoms with Crippen molar-refractivity contribution in [2.75, 3.05) is 19.7 Å². The summed E-state index contributed by atoms with van der Waals surface area (Å²) in [5.74, 6) is -10.7. The van der Waals surface area contributed by atoms with Crippen LogP contribution in [0.1, 0.15) is 131 Å². The molecule has 0 spiro atoms. The van der Waals surface area contributed by atoms with E-state index in [1.54, 1.807) is 135 Å². The zero-order valence-electron chi connectivity index (χ0n) is 56.4. The number of rotatable bonds is 36. The number of phenols is 1. The highest BCUT2D eigenvalue weighted by Gasteiger charge is 2.42. The first-order chi connectivity index (χ1) is 45.2. The molecule has 10 atom stereocenters. The van der Waals surface area contributed by atoms with Gasteiger partial charge in [0.1, 0.15) is 78.9 Å². The molecule has 3 aromatic rings. The molecule has 0 saturated carbocycles. The zero-order valence-corrected chi connectivity index (χ0v) is 56.4. The summed E-state index contributed by atoms with van der Waals surface area (Å²) in [5, 5.41) is 51.7. The summed E-state index contributed by atoms with van der Waals surface area (Å²) in [7, 11) is 0. The smallest absolute Gasteiger partial charge is 0.408 e. The number of aliphatic hydroxyl groups is 2. The average Bonchev–Trinajstić information content (AvgIpc) is 1.61. The number of nitrogens with two attached hydrogens (primary N) is 2. The van der Waals surface area contributed by atoms with Gasteiger partial charge in [-0.1, -0.05) is 114 Å². The molecule has 0 bridgehead atoms. The molecular weight excluding hydrogens is 1240 g/mol. The van der Waals surface area contributed by atoms with Crippen molar-refractivity contribution in [2.45, 2.75) is 200 Å². The van der Waals surface area contributed by atoms with E-state index in [0.717, 1.165) is 0 Å². The van der Waals surface area contributed by atoms with Gasteiger partial charge < -0.3 is 88.4 Å². The van der Waals surface area contributed by atoms with Crippen LogP contribution in [0.15, 0.2) is 89.9 Å². The van der Waals surface area contributed by atoms with Gasteiger partial charge in [0.05, 0.1) is 19.1 Å². The van der Waals surface area contributed by atoms with Crippen molar-refractivity contribution in [1.82, 2.24) is 47.4 Å². The summed E-state index contributed by atoms with van der Waals surface area (Å²) in [6, 6.07) is 10.1. The Morgan fingerprint density at radius 2 is 1.09 bits per heavy atom. The Kier molecular flexibility index (Phi) is 32.0. The third kappa shape index (κ3) is 27.5. The van der Waals surface area contributed by atoms with Crippen molar-refractivity contribution in [3.63, 3.8) is 0 Å². The average molecular weight is 1340 g/mol. The number of aliphatic imine (C=N–C) groups is 1. The number of nitrogens with zero attached hydrogens (tertiary/aromatic N) is 2. The van der Waals surface area contributed by atoms with E-state index in [-0.39, 0.29) is 88.4 Å². The van der Waals surface area contributed by atoms with Gasteiger partial charge in [-0.05, 0) is 113 Å². The number of nitrogens with one attached hydrogen (secondary N) is 8. The van der Waals surface area contributed by atoms with Crippen molar-refractivity contribution in [1.29, 1.82) is 0 Å². The van der Waals surface area contributed by atoms with Crippen molar-refractivity contribution in [2.24, 2.45) is 34.2 Å². The summed E-state index contributed by atoms with van der Waals surface area (Å²) >= 11 is 0. The van der Waals surface area contributed by atoms with Gasteiger partial charge in [0.25, 0.3) is 0 Å². The second kappa shape index (κ2) is 38.9. The fourth-order valence-corrected chi connectivity index (χ4v) is 10.2. The Hall–Kier alpha value is -9.38. The summed E-state index contributed by atoms with van der Waals surface area (Å²) in [4.78, 5) is 160. The molecular formula is C67H98N12O17. The predicted octanol–water partition coefficient (Wildman–Crippen LogP) is 1.26. The number of aromatic hydroxyl groups is 1. The Bertz CT molecular complexity index is 3100. The van der Waals surface area contributed by atoms with Crippen LogP contribution in [-0.4, -0.2) is 177 Å². The fraction of sp³-hybridized carbons (Fsp3) is 0.552. The third-order valence-corrected chi connectivity index (χ3v) is 15.0. The third-order valence-electron chi connectivity index (χ3n) is 15.0. The monoisotopic (exact) mass is 1340 g/mol. The quantitative estimate of drug-likeness (QED) is 0.0128. The molecule has 9 amide bonds. The topological polar surface area (TPSA) is 440 Å². The van der Waals surface area contributed by atoms with Gasteiger partial charge in [0.2, 0.25) is 47.3 Å². The second-order valence-corrected chi connectivity index (χ2v) is 25.9. The minimum Gasteiger partial charge on any atom is -0.508 e. The number of aliphatic hydroxyl groups excluding tert-OH is 2. The van der Waals surface area contributed by atoms with Crippen LogP contribution in [0.25, 0.3) is 0 Å². The van der Waals surface area contributed by atoms with Gasteiger partial charge in [-0.3, -0.25) is 48.1 Å². The zero-order chi connectivity index (χ0) is 71.4. The van der Waals surface area contributed by atoms with E-state index >= 15 is 0 Å². The number of hydrogen-bond acceptors (Lipinski definition) is 18. The summed E-state index contributed by atoms with van der Waals surface area (Å²) in [6.45, 7) is 15.1. The van der Waals surface area contributed by atoms with Crippen LogP contribution in [0, 0.1) is 17.8 Å². The number of phenolic OH excluding ortho intramolecular Hbond substituents is 1. The number of amides is 9. The summed E-state index contributed by atoms with van der Waals surface area (Å²) in [5.41, 5.74) is 12.0. The first kappa shape index (κ1) is 79.1. The van der Waals surface area contributed by atoms with Crippen LogP contribution >= 0.6 is 0 Å². The molecule has 0 radical (unpaired) electrons. The molecule has 1 aliphatic rings. The molecule has 1 heterocycles. The highest BCUT2D eigenvalue weighted by molar-refractivity contribution is 5.99. The molecule has 29 heteroatoms. The number of alkyl carbamates (subject to hydrolysis) is 1. The molecule has 4 rings (SSSR count). The number of guanidine groups is 1. The summed E-state index contributed by atoms with van der Waals surface area (Å²) in [6.07, 6.45) is -3.13. The van der Waals surface area contributed by atoms with Crippen LogP contribution in [0.3, 0.4) is 0 Å². The Balaban J connectivity index is 1.61. The van der Waals surface area contributed by atoms with Gasteiger partial charge in [-0.15, -0.1) is 0 Å². The Morgan fingerprint density at radius 1 is 0.594 bits per heavy atom. The molecule has 0 unspecified atom stereocenters. The Labute approximate surface area is 560 Å². The highest BCUT2D eigenvalue weighted by atomic mass is 16.6. The standard InChI is InChI=1S/C67H98N12O17/c1-38(2)31-47(57(85)71-46(23-17-29-70-65(68)69)56(84)75-50(33-42-25-27-45(82)28-26-42)64(92)95-37-44-21-15-12-16-22-44)72-59(87)49(34-53(83)94-36-43-19-13-11-14-20-43)73-58(86)48(32-39(3)4)74-62(90)55(41(7)81)78-61(89)54(40(5)6)77-60(88)52-24-18-30-79(52)63(91)51(35-80)76-66(93)96-67(8,9)10/h11-16,19-22,25-28,38-41,46-52,54-55,80-82H,17-18,23-24,29-37H2,1-10H3,(H,71,85)(H,72,87)(H,73,86)(H,74,90)(H,75,84)(H,76,93)(H,77,88)(H,78,89)(H4,68,69,70)/t41-,46+,47+,48+,49-,50+,51+,52+,54+,55+/m1/s1. The predicted molar refractivity (Wildman–Crippen MR) is 353 cm³/mol. The van der Waals surface area contributed by atoms with E-state index in [2.05, 4.69) is 47.5 Å². The lowest BCUT2D eigenvalue weighted by molar-refractivity contribution is -0.149. The molecule has 96 heavy (non-hydrogen) atoms. The van der Waals surface area contributed by atoms with Gasteiger partial charge in [-0.25, -0.2) is 9.59 Å². The molecule has 1 saturated heterocycles. The van der Waals surface area contributed by atoms with Crippen LogP contribution in [0.4, 0.5) is 4.79 Å². The van der Waals surface area contributed by atoms with Crippen molar-refractivity contribution >= 4 is 71.2 Å². The van der Waals surface area contributed by atoms with E-state index < -0.39 is 150 Å². The van der Waals surface area contributed by atoms with Crippen molar-refractivity contribution in [3.8, 4) is 5.75 Å². The number of hydrogen-bond donors (Lipinski definition) is 13. The fourth-order valence-electron chi connectivity index (χ4n) is 10.2. The molecule has 1 aliphatic heterocycles. The van der Waals surface area contributed by atoms with Crippen LogP contribution in [-0.2, 0) is 81.8 Å². The molecule has 528 valence electrons. The number of benzene rings is 3. The van der Waals surface area contributed by atoms with Gasteiger partial charge >= 0.3 is 18.0 Å². The second-order valence-electron chi connectivity index (χ2n) is 25.9. The van der Waals surface area contributed by atoms with Crippen LogP contribution < -0.4 is 54.0 Å². The van der Waals surface area contributed by atoms with Crippen LogP contribution in [0.5, 0.6) is 5.75 Å². The molecule has 29 nitrogen and oxygen atoms in total. The molecule has 15 N–H and O–H groups in total. The van der Waals surface area contributed by atoms with E-state index in [4.69, 9.17) is 25.7 Å². The number of carbonyl (C=O) groups excluding carboxylic acids is 11. The molecule has 1 fully saturated rings. The number of carbonyl (C=O) groups is 11. The Morgan fingerprint density at radius 3 is 1.61 bits per heavy atom.